The second kappa shape index (κ2) is 7.30. The number of amides is 1. The zero-order valence-electron chi connectivity index (χ0n) is 10.1. The predicted molar refractivity (Wildman–Crippen MR) is 63.4 cm³/mol. The topological polar surface area (TPSA) is 41.1 Å². The standard InChI is InChI=1S/C12H22N2O/c1-6-9(4)13-10(5)12(15)14-11(7-2)8-3/h1,9-11,13H,7-8H2,2-5H3,(H,14,15). The van der Waals surface area contributed by atoms with E-state index in [9.17, 15) is 4.79 Å². The Bertz CT molecular complexity index is 228. The van der Waals surface area contributed by atoms with Crippen molar-refractivity contribution in [3.8, 4) is 12.3 Å². The molecule has 2 N–H and O–H groups in total. The van der Waals surface area contributed by atoms with Gasteiger partial charge in [0.2, 0.25) is 5.91 Å². The minimum Gasteiger partial charge on any atom is -0.352 e. The highest BCUT2D eigenvalue weighted by Gasteiger charge is 2.16. The first kappa shape index (κ1) is 14.0. The Balaban J connectivity index is 4.04. The Hall–Kier alpha value is -1.01. The number of carbonyl (C=O) groups is 1. The molecule has 0 fully saturated rings. The second-order valence-electron chi connectivity index (χ2n) is 3.80. The van der Waals surface area contributed by atoms with Gasteiger partial charge in [-0.15, -0.1) is 6.42 Å². The summed E-state index contributed by atoms with van der Waals surface area (Å²) in [5.41, 5.74) is 0. The number of terminal acetylenes is 1. The van der Waals surface area contributed by atoms with Crippen LogP contribution in [0.2, 0.25) is 0 Å². The van der Waals surface area contributed by atoms with Crippen LogP contribution in [0.4, 0.5) is 0 Å². The summed E-state index contributed by atoms with van der Waals surface area (Å²) in [7, 11) is 0. The minimum absolute atomic E-state index is 0.0193. The van der Waals surface area contributed by atoms with Crippen LogP contribution in [0.25, 0.3) is 0 Å². The van der Waals surface area contributed by atoms with E-state index in [0.29, 0.717) is 0 Å². The van der Waals surface area contributed by atoms with Crippen LogP contribution in [0.15, 0.2) is 0 Å². The number of hydrogen-bond donors (Lipinski definition) is 2. The van der Waals surface area contributed by atoms with Crippen molar-refractivity contribution in [3.05, 3.63) is 0 Å². The molecule has 0 spiro atoms. The van der Waals surface area contributed by atoms with Crippen molar-refractivity contribution in [2.75, 3.05) is 0 Å². The Morgan fingerprint density at radius 1 is 1.33 bits per heavy atom. The van der Waals surface area contributed by atoms with E-state index in [1.807, 2.05) is 13.8 Å². The molecule has 0 aliphatic carbocycles. The van der Waals surface area contributed by atoms with E-state index in [0.717, 1.165) is 12.8 Å². The summed E-state index contributed by atoms with van der Waals surface area (Å²) < 4.78 is 0. The molecule has 0 rings (SSSR count). The minimum atomic E-state index is -0.239. The fraction of sp³-hybridized carbons (Fsp3) is 0.750. The number of hydrogen-bond acceptors (Lipinski definition) is 2. The number of carbonyl (C=O) groups excluding carboxylic acids is 1. The molecule has 0 aromatic carbocycles. The molecule has 2 atom stereocenters. The van der Waals surface area contributed by atoms with Crippen molar-refractivity contribution in [1.29, 1.82) is 0 Å². The Morgan fingerprint density at radius 2 is 1.87 bits per heavy atom. The average Bonchev–Trinajstić information content (AvgIpc) is 2.24. The monoisotopic (exact) mass is 210 g/mol. The Labute approximate surface area is 93.0 Å². The van der Waals surface area contributed by atoms with Crippen molar-refractivity contribution in [3.63, 3.8) is 0 Å². The molecular formula is C12H22N2O. The Kier molecular flexibility index (Phi) is 6.81. The molecule has 0 aliphatic rings. The van der Waals surface area contributed by atoms with E-state index in [2.05, 4.69) is 30.4 Å². The van der Waals surface area contributed by atoms with E-state index in [-0.39, 0.29) is 24.0 Å². The van der Waals surface area contributed by atoms with Crippen LogP contribution in [0.3, 0.4) is 0 Å². The molecule has 0 aliphatic heterocycles. The summed E-state index contributed by atoms with van der Waals surface area (Å²) in [6, 6.07) is -0.0491. The highest BCUT2D eigenvalue weighted by Crippen LogP contribution is 1.97. The highest BCUT2D eigenvalue weighted by atomic mass is 16.2. The quantitative estimate of drug-likeness (QED) is 0.649. The van der Waals surface area contributed by atoms with Gasteiger partial charge in [0, 0.05) is 6.04 Å². The molecule has 0 radical (unpaired) electrons. The molecule has 0 bridgehead atoms. The molecule has 86 valence electrons. The van der Waals surface area contributed by atoms with Gasteiger partial charge in [0.25, 0.3) is 0 Å². The molecule has 0 saturated heterocycles. The van der Waals surface area contributed by atoms with Gasteiger partial charge in [0.1, 0.15) is 0 Å². The molecule has 0 heterocycles. The summed E-state index contributed by atoms with van der Waals surface area (Å²) >= 11 is 0. The van der Waals surface area contributed by atoms with Gasteiger partial charge in [-0.25, -0.2) is 0 Å². The zero-order chi connectivity index (χ0) is 11.8. The van der Waals surface area contributed by atoms with Crippen LogP contribution in [0.1, 0.15) is 40.5 Å². The van der Waals surface area contributed by atoms with Gasteiger partial charge in [-0.2, -0.15) is 0 Å². The maximum atomic E-state index is 11.7. The fourth-order valence-electron chi connectivity index (χ4n) is 1.32. The van der Waals surface area contributed by atoms with Gasteiger partial charge in [-0.05, 0) is 26.7 Å². The van der Waals surface area contributed by atoms with Crippen LogP contribution in [0.5, 0.6) is 0 Å². The number of rotatable bonds is 6. The lowest BCUT2D eigenvalue weighted by atomic mass is 10.1. The SMILES string of the molecule is C#CC(C)NC(C)C(=O)NC(CC)CC. The molecule has 15 heavy (non-hydrogen) atoms. The summed E-state index contributed by atoms with van der Waals surface area (Å²) in [5.74, 6) is 2.56. The first-order chi connectivity index (χ1) is 7.04. The highest BCUT2D eigenvalue weighted by molar-refractivity contribution is 5.81. The van der Waals surface area contributed by atoms with Crippen molar-refractivity contribution >= 4 is 5.91 Å². The summed E-state index contributed by atoms with van der Waals surface area (Å²) in [4.78, 5) is 11.7. The van der Waals surface area contributed by atoms with Gasteiger partial charge in [0.15, 0.2) is 0 Å². The van der Waals surface area contributed by atoms with Crippen molar-refractivity contribution in [1.82, 2.24) is 10.6 Å². The maximum absolute atomic E-state index is 11.7. The molecule has 2 unspecified atom stereocenters. The van der Waals surface area contributed by atoms with E-state index >= 15 is 0 Å². The molecule has 0 aromatic heterocycles. The van der Waals surface area contributed by atoms with Gasteiger partial charge >= 0.3 is 0 Å². The van der Waals surface area contributed by atoms with Crippen LogP contribution in [0, 0.1) is 12.3 Å². The first-order valence-corrected chi connectivity index (χ1v) is 5.57. The van der Waals surface area contributed by atoms with Gasteiger partial charge in [0.05, 0.1) is 12.1 Å². The van der Waals surface area contributed by atoms with Crippen LogP contribution >= 0.6 is 0 Å². The lowest BCUT2D eigenvalue weighted by Gasteiger charge is -2.20. The van der Waals surface area contributed by atoms with Crippen LogP contribution in [-0.4, -0.2) is 24.0 Å². The van der Waals surface area contributed by atoms with Crippen LogP contribution in [-0.2, 0) is 4.79 Å². The largest absolute Gasteiger partial charge is 0.352 e. The number of nitrogens with one attached hydrogen (secondary N) is 2. The smallest absolute Gasteiger partial charge is 0.237 e. The maximum Gasteiger partial charge on any atom is 0.237 e. The van der Waals surface area contributed by atoms with Crippen LogP contribution < -0.4 is 10.6 Å². The molecular weight excluding hydrogens is 188 g/mol. The van der Waals surface area contributed by atoms with Crippen molar-refractivity contribution < 1.29 is 4.79 Å². The van der Waals surface area contributed by atoms with E-state index < -0.39 is 0 Å². The predicted octanol–water partition coefficient (Wildman–Crippen LogP) is 1.29. The van der Waals surface area contributed by atoms with Gasteiger partial charge in [-0.1, -0.05) is 19.8 Å². The normalized spacial score (nSPS) is 14.4. The average molecular weight is 210 g/mol. The third-order valence-corrected chi connectivity index (χ3v) is 2.48. The van der Waals surface area contributed by atoms with Gasteiger partial charge < -0.3 is 5.32 Å². The zero-order valence-corrected chi connectivity index (χ0v) is 10.1. The molecule has 1 amide bonds. The summed E-state index contributed by atoms with van der Waals surface area (Å²) in [6.07, 6.45) is 7.15. The molecule has 0 aromatic rings. The molecule has 3 nitrogen and oxygen atoms in total. The molecule has 3 heteroatoms. The van der Waals surface area contributed by atoms with E-state index in [4.69, 9.17) is 6.42 Å². The van der Waals surface area contributed by atoms with Crippen molar-refractivity contribution in [2.24, 2.45) is 0 Å². The second-order valence-corrected chi connectivity index (χ2v) is 3.80. The lowest BCUT2D eigenvalue weighted by molar-refractivity contribution is -0.123. The van der Waals surface area contributed by atoms with E-state index in [1.54, 1.807) is 0 Å². The van der Waals surface area contributed by atoms with Gasteiger partial charge in [-0.3, -0.25) is 10.1 Å². The lowest BCUT2D eigenvalue weighted by Crippen LogP contribution is -2.48. The van der Waals surface area contributed by atoms with Crippen molar-refractivity contribution in [2.45, 2.75) is 58.7 Å². The fourth-order valence-corrected chi connectivity index (χ4v) is 1.32. The summed E-state index contributed by atoms with van der Waals surface area (Å²) in [6.45, 7) is 7.82. The Morgan fingerprint density at radius 3 is 2.27 bits per heavy atom. The van der Waals surface area contributed by atoms with E-state index in [1.165, 1.54) is 0 Å². The summed E-state index contributed by atoms with van der Waals surface area (Å²) in [5, 5.41) is 6.01. The third kappa shape index (κ3) is 5.44. The first-order valence-electron chi connectivity index (χ1n) is 5.57. The third-order valence-electron chi connectivity index (χ3n) is 2.48. The molecule has 0 saturated carbocycles.